The summed E-state index contributed by atoms with van der Waals surface area (Å²) in [6.45, 7) is 1.94. The molecule has 2 rings (SSSR count). The van der Waals surface area contributed by atoms with Gasteiger partial charge in [-0.05, 0) is 19.1 Å². The van der Waals surface area contributed by atoms with Gasteiger partial charge in [0.1, 0.15) is 0 Å². The molecule has 82 valence electrons. The van der Waals surface area contributed by atoms with Crippen LogP contribution in [0.3, 0.4) is 0 Å². The Labute approximate surface area is 92.2 Å². The number of fused-ring (bicyclic) bond motifs is 1. The minimum absolute atomic E-state index is 0.0561. The van der Waals surface area contributed by atoms with Gasteiger partial charge in [-0.1, -0.05) is 11.6 Å². The fourth-order valence-electron chi connectivity index (χ4n) is 1.49. The van der Waals surface area contributed by atoms with E-state index in [4.69, 9.17) is 5.73 Å². The van der Waals surface area contributed by atoms with Gasteiger partial charge in [0.05, 0.1) is 18.3 Å². The number of carbonyl (C=O) groups is 1. The first-order chi connectivity index (χ1) is 7.63. The van der Waals surface area contributed by atoms with Crippen LogP contribution in [0.15, 0.2) is 18.2 Å². The van der Waals surface area contributed by atoms with E-state index < -0.39 is 5.97 Å². The van der Waals surface area contributed by atoms with Gasteiger partial charge in [-0.3, -0.25) is 0 Å². The molecule has 0 saturated heterocycles. The number of aryl methyl sites for hydroxylation is 1. The Morgan fingerprint density at radius 2 is 2.12 bits per heavy atom. The summed E-state index contributed by atoms with van der Waals surface area (Å²) in [6.07, 6.45) is 0. The third-order valence-corrected chi connectivity index (χ3v) is 2.33. The summed E-state index contributed by atoms with van der Waals surface area (Å²) in [5.41, 5.74) is 7.93. The number of nitrogen functional groups attached to an aromatic ring is 1. The molecule has 0 saturated carbocycles. The molecule has 16 heavy (non-hydrogen) atoms. The Morgan fingerprint density at radius 3 is 2.81 bits per heavy atom. The van der Waals surface area contributed by atoms with Crippen LogP contribution >= 0.6 is 0 Å². The van der Waals surface area contributed by atoms with Crippen LogP contribution in [0.2, 0.25) is 0 Å². The summed E-state index contributed by atoms with van der Waals surface area (Å²) in [7, 11) is 1.28. The summed E-state index contributed by atoms with van der Waals surface area (Å²) in [5, 5.41) is 8.40. The van der Waals surface area contributed by atoms with E-state index in [0.29, 0.717) is 11.2 Å². The lowest BCUT2D eigenvalue weighted by Gasteiger charge is -2.05. The Morgan fingerprint density at radius 1 is 1.38 bits per heavy atom. The quantitative estimate of drug-likeness (QED) is 0.728. The van der Waals surface area contributed by atoms with E-state index in [9.17, 15) is 4.79 Å². The second-order valence-electron chi connectivity index (χ2n) is 3.47. The molecule has 0 atom stereocenters. The predicted octanol–water partition coefficient (Wildman–Crippen LogP) is 1.31. The van der Waals surface area contributed by atoms with E-state index in [0.717, 1.165) is 10.9 Å². The maximum absolute atomic E-state index is 11.4. The Kier molecular flexibility index (Phi) is 2.44. The molecule has 1 heterocycles. The molecule has 0 aliphatic rings. The van der Waals surface area contributed by atoms with Crippen LogP contribution < -0.4 is 5.73 Å². The SMILES string of the molecule is COC(=O)c1nnc2ccc(C)cc2c1N. The number of nitrogens with zero attached hydrogens (tertiary/aromatic N) is 2. The van der Waals surface area contributed by atoms with Crippen molar-refractivity contribution in [3.63, 3.8) is 0 Å². The lowest BCUT2D eigenvalue weighted by molar-refractivity contribution is 0.0594. The van der Waals surface area contributed by atoms with Gasteiger partial charge >= 0.3 is 5.97 Å². The molecular weight excluding hydrogens is 206 g/mol. The van der Waals surface area contributed by atoms with Crippen LogP contribution in [-0.2, 0) is 4.74 Å². The number of hydrogen-bond donors (Lipinski definition) is 1. The number of anilines is 1. The van der Waals surface area contributed by atoms with Gasteiger partial charge in [0.15, 0.2) is 5.69 Å². The Bertz CT molecular complexity index is 566. The summed E-state index contributed by atoms with van der Waals surface area (Å²) in [5.74, 6) is -0.576. The molecule has 0 bridgehead atoms. The van der Waals surface area contributed by atoms with Gasteiger partial charge in [-0.2, -0.15) is 0 Å². The van der Waals surface area contributed by atoms with Crippen molar-refractivity contribution < 1.29 is 9.53 Å². The Balaban J connectivity index is 2.72. The van der Waals surface area contributed by atoms with Crippen molar-refractivity contribution in [3.05, 3.63) is 29.5 Å². The normalized spacial score (nSPS) is 10.4. The van der Waals surface area contributed by atoms with E-state index in [2.05, 4.69) is 14.9 Å². The smallest absolute Gasteiger partial charge is 0.360 e. The van der Waals surface area contributed by atoms with Crippen molar-refractivity contribution in [2.75, 3.05) is 12.8 Å². The van der Waals surface area contributed by atoms with Crippen LogP contribution in [0.25, 0.3) is 10.9 Å². The van der Waals surface area contributed by atoms with Gasteiger partial charge in [-0.15, -0.1) is 10.2 Å². The zero-order valence-electron chi connectivity index (χ0n) is 9.02. The zero-order chi connectivity index (χ0) is 11.7. The summed E-state index contributed by atoms with van der Waals surface area (Å²) in [6, 6.07) is 5.59. The highest BCUT2D eigenvalue weighted by Crippen LogP contribution is 2.22. The van der Waals surface area contributed by atoms with Crippen molar-refractivity contribution in [2.24, 2.45) is 0 Å². The molecule has 0 unspecified atom stereocenters. The third-order valence-electron chi connectivity index (χ3n) is 2.33. The molecule has 5 nitrogen and oxygen atoms in total. The number of nitrogens with two attached hydrogens (primary N) is 1. The van der Waals surface area contributed by atoms with E-state index >= 15 is 0 Å². The number of hydrogen-bond acceptors (Lipinski definition) is 5. The fourth-order valence-corrected chi connectivity index (χ4v) is 1.49. The molecular formula is C11H11N3O2. The van der Waals surface area contributed by atoms with Gasteiger partial charge in [0.25, 0.3) is 0 Å². The number of carbonyl (C=O) groups excluding carboxylic acids is 1. The molecule has 0 radical (unpaired) electrons. The summed E-state index contributed by atoms with van der Waals surface area (Å²) >= 11 is 0. The zero-order valence-corrected chi connectivity index (χ0v) is 9.02. The lowest BCUT2D eigenvalue weighted by Crippen LogP contribution is -2.10. The highest BCUT2D eigenvalue weighted by atomic mass is 16.5. The number of ether oxygens (including phenoxy) is 1. The van der Waals surface area contributed by atoms with Crippen molar-refractivity contribution in [1.82, 2.24) is 10.2 Å². The molecule has 5 heteroatoms. The lowest BCUT2D eigenvalue weighted by atomic mass is 10.1. The summed E-state index contributed by atoms with van der Waals surface area (Å²) < 4.78 is 4.57. The maximum Gasteiger partial charge on any atom is 0.360 e. The van der Waals surface area contributed by atoms with Crippen LogP contribution in [0, 0.1) is 6.92 Å². The molecule has 0 fully saturated rings. The minimum atomic E-state index is -0.576. The molecule has 2 aromatic rings. The first-order valence-electron chi connectivity index (χ1n) is 4.74. The average Bonchev–Trinajstić information content (AvgIpc) is 2.29. The molecule has 1 aromatic carbocycles. The van der Waals surface area contributed by atoms with E-state index in [1.165, 1.54) is 7.11 Å². The van der Waals surface area contributed by atoms with E-state index in [1.54, 1.807) is 0 Å². The highest BCUT2D eigenvalue weighted by molar-refractivity contribution is 6.02. The Hall–Kier alpha value is -2.17. The molecule has 0 spiro atoms. The van der Waals surface area contributed by atoms with Crippen molar-refractivity contribution in [3.8, 4) is 0 Å². The topological polar surface area (TPSA) is 78.1 Å². The fraction of sp³-hybridized carbons (Fsp3) is 0.182. The molecule has 0 amide bonds. The number of esters is 1. The maximum atomic E-state index is 11.4. The molecule has 0 aliphatic heterocycles. The number of rotatable bonds is 1. The monoisotopic (exact) mass is 217 g/mol. The van der Waals surface area contributed by atoms with Crippen molar-refractivity contribution >= 4 is 22.6 Å². The number of methoxy groups -OCH3 is 1. The van der Waals surface area contributed by atoms with Crippen molar-refractivity contribution in [1.29, 1.82) is 0 Å². The van der Waals surface area contributed by atoms with Crippen LogP contribution in [0.5, 0.6) is 0 Å². The van der Waals surface area contributed by atoms with Crippen LogP contribution in [0.4, 0.5) is 5.69 Å². The van der Waals surface area contributed by atoms with Crippen LogP contribution in [0.1, 0.15) is 16.1 Å². The van der Waals surface area contributed by atoms with Crippen molar-refractivity contribution in [2.45, 2.75) is 6.92 Å². The first kappa shape index (κ1) is 10.4. The second kappa shape index (κ2) is 3.77. The summed E-state index contributed by atoms with van der Waals surface area (Å²) in [4.78, 5) is 11.4. The number of benzene rings is 1. The largest absolute Gasteiger partial charge is 0.464 e. The molecule has 1 aromatic heterocycles. The first-order valence-corrected chi connectivity index (χ1v) is 4.74. The van der Waals surface area contributed by atoms with Gasteiger partial charge in [-0.25, -0.2) is 4.79 Å². The van der Waals surface area contributed by atoms with E-state index in [1.807, 2.05) is 25.1 Å². The average molecular weight is 217 g/mol. The standard InChI is InChI=1S/C11H11N3O2/c1-6-3-4-8-7(5-6)9(12)10(14-13-8)11(15)16-2/h3-5H,1-2H3,(H2,12,13). The number of aromatic nitrogens is 2. The predicted molar refractivity (Wildman–Crippen MR) is 60.0 cm³/mol. The van der Waals surface area contributed by atoms with E-state index in [-0.39, 0.29) is 5.69 Å². The van der Waals surface area contributed by atoms with Gasteiger partial charge in [0.2, 0.25) is 0 Å². The second-order valence-corrected chi connectivity index (χ2v) is 3.47. The highest BCUT2D eigenvalue weighted by Gasteiger charge is 2.15. The van der Waals surface area contributed by atoms with Gasteiger partial charge in [0, 0.05) is 5.39 Å². The molecule has 0 aliphatic carbocycles. The third kappa shape index (κ3) is 1.56. The molecule has 2 N–H and O–H groups in total. The van der Waals surface area contributed by atoms with Gasteiger partial charge < -0.3 is 10.5 Å². The minimum Gasteiger partial charge on any atom is -0.464 e. The van der Waals surface area contributed by atoms with Crippen LogP contribution in [-0.4, -0.2) is 23.3 Å².